The van der Waals surface area contributed by atoms with Crippen LogP contribution < -0.4 is 5.73 Å². The fraction of sp³-hybridized carbons (Fsp3) is 0.636. The van der Waals surface area contributed by atoms with Crippen molar-refractivity contribution in [1.82, 2.24) is 0 Å². The van der Waals surface area contributed by atoms with E-state index in [1.165, 1.54) is 0 Å². The van der Waals surface area contributed by atoms with Gasteiger partial charge in [0.05, 0.1) is 12.1 Å². The predicted molar refractivity (Wildman–Crippen MR) is 61.6 cm³/mol. The Balaban J connectivity index is 2.93. The maximum absolute atomic E-state index is 8.78. The largest absolute Gasteiger partial charge is 0.382 e. The highest BCUT2D eigenvalue weighted by Crippen LogP contribution is 2.22. The quantitative estimate of drug-likeness (QED) is 0.766. The van der Waals surface area contributed by atoms with Crippen LogP contribution in [0.1, 0.15) is 26.7 Å². The molecule has 5 heteroatoms. The van der Waals surface area contributed by atoms with Crippen molar-refractivity contribution in [3.63, 3.8) is 0 Å². The van der Waals surface area contributed by atoms with Gasteiger partial charge in [-0.25, -0.2) is 4.99 Å². The lowest BCUT2D eigenvalue weighted by molar-refractivity contribution is 0.412. The van der Waals surface area contributed by atoms with E-state index in [4.69, 9.17) is 16.3 Å². The van der Waals surface area contributed by atoms with Gasteiger partial charge in [0.25, 0.3) is 0 Å². The van der Waals surface area contributed by atoms with E-state index in [1.807, 2.05) is 12.1 Å². The van der Waals surface area contributed by atoms with Crippen LogP contribution in [0.3, 0.4) is 0 Å². The zero-order chi connectivity index (χ0) is 12.1. The maximum atomic E-state index is 8.78. The van der Waals surface area contributed by atoms with Crippen molar-refractivity contribution in [1.29, 1.82) is 10.5 Å². The molecule has 1 rings (SSSR count). The van der Waals surface area contributed by atoms with Crippen molar-refractivity contribution in [2.24, 2.45) is 27.6 Å². The van der Waals surface area contributed by atoms with E-state index in [2.05, 4.69) is 23.8 Å². The molecule has 1 aliphatic heterocycles. The minimum Gasteiger partial charge on any atom is -0.382 e. The fourth-order valence-electron chi connectivity index (χ4n) is 1.74. The van der Waals surface area contributed by atoms with Crippen LogP contribution in [0.15, 0.2) is 9.98 Å². The molecule has 0 saturated heterocycles. The Labute approximate surface area is 95.3 Å². The standard InChI is InChI=1S/C11H15N5/c1-3-7(4-2)11-15-9(10(14)16-11)8(5-12)6-13/h7-8,11H,3-4H2,1-2H3,(H2,14,16)/t11-/m0/s1. The van der Waals surface area contributed by atoms with Crippen molar-refractivity contribution in [3.8, 4) is 12.1 Å². The Hall–Kier alpha value is -1.88. The van der Waals surface area contributed by atoms with Crippen molar-refractivity contribution in [2.45, 2.75) is 32.9 Å². The number of hydrogen-bond donors (Lipinski definition) is 1. The number of aliphatic imine (C=N–C) groups is 2. The summed E-state index contributed by atoms with van der Waals surface area (Å²) in [5.74, 6) is -0.331. The minimum atomic E-state index is -0.900. The number of nitrogens with two attached hydrogens (primary N) is 1. The van der Waals surface area contributed by atoms with E-state index in [-0.39, 0.29) is 12.0 Å². The summed E-state index contributed by atoms with van der Waals surface area (Å²) in [7, 11) is 0. The number of nitriles is 2. The van der Waals surface area contributed by atoms with Crippen molar-refractivity contribution in [2.75, 3.05) is 0 Å². The summed E-state index contributed by atoms with van der Waals surface area (Å²) in [5.41, 5.74) is 6.02. The highest BCUT2D eigenvalue weighted by Gasteiger charge is 2.29. The SMILES string of the molecule is CCC(CC)[C@@H]1N=C(N)C(C(C#N)C#N)=N1. The van der Waals surface area contributed by atoms with E-state index in [0.29, 0.717) is 11.6 Å². The van der Waals surface area contributed by atoms with Crippen LogP contribution in [0.4, 0.5) is 0 Å². The monoisotopic (exact) mass is 217 g/mol. The molecule has 1 aliphatic rings. The van der Waals surface area contributed by atoms with Gasteiger partial charge in [-0.15, -0.1) is 0 Å². The predicted octanol–water partition coefficient (Wildman–Crippen LogP) is 1.22. The molecule has 0 radical (unpaired) electrons. The van der Waals surface area contributed by atoms with Gasteiger partial charge in [-0.2, -0.15) is 10.5 Å². The van der Waals surface area contributed by atoms with Gasteiger partial charge < -0.3 is 5.73 Å². The third kappa shape index (κ3) is 2.20. The summed E-state index contributed by atoms with van der Waals surface area (Å²) in [6, 6.07) is 3.73. The lowest BCUT2D eigenvalue weighted by Crippen LogP contribution is -2.26. The van der Waals surface area contributed by atoms with Crippen LogP contribution in [-0.4, -0.2) is 17.7 Å². The number of rotatable bonds is 4. The highest BCUT2D eigenvalue weighted by molar-refractivity contribution is 6.43. The summed E-state index contributed by atoms with van der Waals surface area (Å²) in [6.07, 6.45) is 1.70. The van der Waals surface area contributed by atoms with Gasteiger partial charge in [-0.3, -0.25) is 4.99 Å². The summed E-state index contributed by atoms with van der Waals surface area (Å²) >= 11 is 0. The Kier molecular flexibility index (Phi) is 4.02. The van der Waals surface area contributed by atoms with E-state index in [9.17, 15) is 0 Å². The first-order chi connectivity index (χ1) is 7.67. The fourth-order valence-corrected chi connectivity index (χ4v) is 1.74. The van der Waals surface area contributed by atoms with E-state index < -0.39 is 5.92 Å². The first-order valence-electron chi connectivity index (χ1n) is 5.38. The van der Waals surface area contributed by atoms with E-state index in [0.717, 1.165) is 12.8 Å². The first kappa shape index (κ1) is 12.2. The molecule has 16 heavy (non-hydrogen) atoms. The maximum Gasteiger partial charge on any atom is 0.178 e. The average molecular weight is 217 g/mol. The highest BCUT2D eigenvalue weighted by atomic mass is 15.1. The summed E-state index contributed by atoms with van der Waals surface area (Å²) < 4.78 is 0. The number of nitrogens with zero attached hydrogens (tertiary/aromatic N) is 4. The summed E-state index contributed by atoms with van der Waals surface area (Å²) in [4.78, 5) is 8.51. The van der Waals surface area contributed by atoms with E-state index >= 15 is 0 Å². The van der Waals surface area contributed by atoms with Gasteiger partial charge in [0.15, 0.2) is 5.92 Å². The molecule has 0 aromatic rings. The molecule has 84 valence electrons. The first-order valence-corrected chi connectivity index (χ1v) is 5.38. The van der Waals surface area contributed by atoms with Crippen LogP contribution in [-0.2, 0) is 0 Å². The zero-order valence-electron chi connectivity index (χ0n) is 9.51. The van der Waals surface area contributed by atoms with Crippen LogP contribution in [0.5, 0.6) is 0 Å². The molecule has 0 saturated carbocycles. The molecule has 5 nitrogen and oxygen atoms in total. The van der Waals surface area contributed by atoms with Crippen molar-refractivity contribution in [3.05, 3.63) is 0 Å². The summed E-state index contributed by atoms with van der Waals surface area (Å²) in [6.45, 7) is 4.14. The molecule has 1 atom stereocenters. The second-order valence-electron chi connectivity index (χ2n) is 3.71. The second-order valence-corrected chi connectivity index (χ2v) is 3.71. The second kappa shape index (κ2) is 5.27. The van der Waals surface area contributed by atoms with Crippen molar-refractivity contribution < 1.29 is 0 Å². The number of amidine groups is 1. The molecule has 0 bridgehead atoms. The Bertz CT molecular complexity index is 378. The van der Waals surface area contributed by atoms with Gasteiger partial charge in [0, 0.05) is 5.92 Å². The molecule has 0 aromatic carbocycles. The van der Waals surface area contributed by atoms with Gasteiger partial charge in [-0.05, 0) is 12.8 Å². The number of hydrogen-bond acceptors (Lipinski definition) is 5. The molecular formula is C11H15N5. The topological polar surface area (TPSA) is 98.3 Å². The average Bonchev–Trinajstić information content (AvgIpc) is 2.65. The smallest absolute Gasteiger partial charge is 0.178 e. The Morgan fingerprint density at radius 3 is 2.25 bits per heavy atom. The third-order valence-corrected chi connectivity index (χ3v) is 2.81. The molecule has 0 amide bonds. The van der Waals surface area contributed by atoms with Gasteiger partial charge >= 0.3 is 0 Å². The van der Waals surface area contributed by atoms with Gasteiger partial charge in [0.1, 0.15) is 17.7 Å². The minimum absolute atomic E-state index is 0.214. The van der Waals surface area contributed by atoms with Gasteiger partial charge in [0.2, 0.25) is 0 Å². The normalized spacial score (nSPS) is 19.2. The van der Waals surface area contributed by atoms with Crippen LogP contribution in [0.25, 0.3) is 0 Å². The molecule has 0 aromatic heterocycles. The van der Waals surface area contributed by atoms with Gasteiger partial charge in [-0.1, -0.05) is 13.8 Å². The Morgan fingerprint density at radius 1 is 1.25 bits per heavy atom. The molecular weight excluding hydrogens is 202 g/mol. The van der Waals surface area contributed by atoms with Crippen LogP contribution in [0.2, 0.25) is 0 Å². The molecule has 2 N–H and O–H groups in total. The zero-order valence-corrected chi connectivity index (χ0v) is 9.51. The van der Waals surface area contributed by atoms with Crippen LogP contribution >= 0.6 is 0 Å². The molecule has 1 heterocycles. The summed E-state index contributed by atoms with van der Waals surface area (Å²) in [5, 5.41) is 17.6. The molecule has 0 fully saturated rings. The lowest BCUT2D eigenvalue weighted by Gasteiger charge is -2.14. The molecule has 0 unspecified atom stereocenters. The lowest BCUT2D eigenvalue weighted by atomic mass is 10.0. The third-order valence-electron chi connectivity index (χ3n) is 2.81. The van der Waals surface area contributed by atoms with Crippen molar-refractivity contribution >= 4 is 11.5 Å². The molecule has 0 aliphatic carbocycles. The molecule has 0 spiro atoms. The van der Waals surface area contributed by atoms with Crippen LogP contribution in [0, 0.1) is 34.5 Å². The Morgan fingerprint density at radius 2 is 1.81 bits per heavy atom. The van der Waals surface area contributed by atoms with E-state index in [1.54, 1.807) is 0 Å².